The van der Waals surface area contributed by atoms with Gasteiger partial charge in [0.15, 0.2) is 0 Å². The molecule has 0 aromatic heterocycles. The van der Waals surface area contributed by atoms with Gasteiger partial charge in [0, 0.05) is 6.04 Å². The van der Waals surface area contributed by atoms with Crippen LogP contribution in [0, 0.1) is 5.92 Å². The van der Waals surface area contributed by atoms with Crippen LogP contribution in [0.3, 0.4) is 0 Å². The Morgan fingerprint density at radius 1 is 1.36 bits per heavy atom. The van der Waals surface area contributed by atoms with Crippen LogP contribution >= 0.6 is 0 Å². The summed E-state index contributed by atoms with van der Waals surface area (Å²) in [6, 6.07) is 0.497. The predicted molar refractivity (Wildman–Crippen MR) is 55.7 cm³/mol. The van der Waals surface area contributed by atoms with Crippen LogP contribution < -0.4 is 5.32 Å². The molecule has 0 radical (unpaired) electrons. The highest BCUT2D eigenvalue weighted by atomic mass is 16.2. The van der Waals surface area contributed by atoms with E-state index in [9.17, 15) is 4.79 Å². The van der Waals surface area contributed by atoms with Gasteiger partial charge in [-0.15, -0.1) is 0 Å². The minimum Gasteiger partial charge on any atom is -0.323 e. The molecule has 2 fully saturated rings. The quantitative estimate of drug-likeness (QED) is 0.686. The highest BCUT2D eigenvalue weighted by Crippen LogP contribution is 2.29. The summed E-state index contributed by atoms with van der Waals surface area (Å²) in [5, 5.41) is 3.21. The third-order valence-electron chi connectivity index (χ3n) is 3.56. The average Bonchev–Trinajstić information content (AvgIpc) is 2.46. The molecule has 14 heavy (non-hydrogen) atoms. The van der Waals surface area contributed by atoms with Crippen molar-refractivity contribution >= 4 is 5.91 Å². The van der Waals surface area contributed by atoms with E-state index in [1.54, 1.807) is 0 Å². The molecule has 1 amide bonds. The van der Waals surface area contributed by atoms with E-state index in [1.165, 1.54) is 25.7 Å². The molecule has 1 heterocycles. The van der Waals surface area contributed by atoms with Crippen molar-refractivity contribution in [2.24, 2.45) is 5.92 Å². The van der Waals surface area contributed by atoms with Gasteiger partial charge in [-0.1, -0.05) is 19.8 Å². The SMILES string of the molecule is CC1CCCC(N2C(=O)CNC2C)C1. The van der Waals surface area contributed by atoms with E-state index in [-0.39, 0.29) is 12.1 Å². The number of hydrogen-bond donors (Lipinski definition) is 1. The number of carbonyl (C=O) groups excluding carboxylic acids is 1. The Balaban J connectivity index is 2.02. The lowest BCUT2D eigenvalue weighted by molar-refractivity contribution is -0.130. The zero-order chi connectivity index (χ0) is 10.1. The molecule has 3 unspecified atom stereocenters. The molecule has 1 aliphatic heterocycles. The zero-order valence-electron chi connectivity index (χ0n) is 9.12. The van der Waals surface area contributed by atoms with E-state index in [0.29, 0.717) is 12.6 Å². The van der Waals surface area contributed by atoms with Crippen LogP contribution in [-0.4, -0.2) is 29.6 Å². The van der Waals surface area contributed by atoms with Crippen molar-refractivity contribution in [3.63, 3.8) is 0 Å². The van der Waals surface area contributed by atoms with Gasteiger partial charge in [0.2, 0.25) is 5.91 Å². The molecule has 80 valence electrons. The lowest BCUT2D eigenvalue weighted by Gasteiger charge is -2.36. The molecular weight excluding hydrogens is 176 g/mol. The highest BCUT2D eigenvalue weighted by Gasteiger charge is 2.34. The number of nitrogens with one attached hydrogen (secondary N) is 1. The van der Waals surface area contributed by atoms with Gasteiger partial charge < -0.3 is 4.90 Å². The lowest BCUT2D eigenvalue weighted by atomic mass is 9.86. The molecule has 1 saturated heterocycles. The van der Waals surface area contributed by atoms with E-state index in [1.807, 2.05) is 0 Å². The summed E-state index contributed by atoms with van der Waals surface area (Å²) >= 11 is 0. The topological polar surface area (TPSA) is 32.3 Å². The second-order valence-corrected chi connectivity index (χ2v) is 4.78. The smallest absolute Gasteiger partial charge is 0.238 e. The molecule has 0 aromatic rings. The van der Waals surface area contributed by atoms with Crippen LogP contribution in [0.15, 0.2) is 0 Å². The van der Waals surface area contributed by atoms with Gasteiger partial charge in [0.05, 0.1) is 12.7 Å². The van der Waals surface area contributed by atoms with E-state index in [2.05, 4.69) is 24.1 Å². The molecule has 1 saturated carbocycles. The van der Waals surface area contributed by atoms with Crippen molar-refractivity contribution in [1.29, 1.82) is 0 Å². The first-order valence-corrected chi connectivity index (χ1v) is 5.73. The van der Waals surface area contributed by atoms with Gasteiger partial charge in [0.25, 0.3) is 0 Å². The van der Waals surface area contributed by atoms with Crippen molar-refractivity contribution < 1.29 is 4.79 Å². The Morgan fingerprint density at radius 2 is 2.14 bits per heavy atom. The van der Waals surface area contributed by atoms with Gasteiger partial charge in [-0.25, -0.2) is 0 Å². The highest BCUT2D eigenvalue weighted by molar-refractivity contribution is 5.80. The maximum Gasteiger partial charge on any atom is 0.238 e. The second kappa shape index (κ2) is 3.89. The van der Waals surface area contributed by atoms with Crippen LogP contribution in [0.4, 0.5) is 0 Å². The molecule has 3 heteroatoms. The number of rotatable bonds is 1. The van der Waals surface area contributed by atoms with Crippen LogP contribution in [-0.2, 0) is 4.79 Å². The maximum atomic E-state index is 11.7. The van der Waals surface area contributed by atoms with E-state index in [0.717, 1.165) is 5.92 Å². The lowest BCUT2D eigenvalue weighted by Crippen LogP contribution is -2.45. The van der Waals surface area contributed by atoms with Gasteiger partial charge in [-0.05, 0) is 25.7 Å². The molecule has 1 aliphatic carbocycles. The monoisotopic (exact) mass is 196 g/mol. The summed E-state index contributed by atoms with van der Waals surface area (Å²) < 4.78 is 0. The number of hydrogen-bond acceptors (Lipinski definition) is 2. The molecular formula is C11H20N2O. The second-order valence-electron chi connectivity index (χ2n) is 4.78. The summed E-state index contributed by atoms with van der Waals surface area (Å²) in [7, 11) is 0. The fourth-order valence-electron chi connectivity index (χ4n) is 2.82. The largest absolute Gasteiger partial charge is 0.323 e. The third kappa shape index (κ3) is 1.78. The Kier molecular flexibility index (Phi) is 2.77. The van der Waals surface area contributed by atoms with E-state index >= 15 is 0 Å². The summed E-state index contributed by atoms with van der Waals surface area (Å²) in [6.45, 7) is 4.92. The fraction of sp³-hybridized carbons (Fsp3) is 0.909. The van der Waals surface area contributed by atoms with Gasteiger partial charge in [-0.2, -0.15) is 0 Å². The summed E-state index contributed by atoms with van der Waals surface area (Å²) in [6.07, 6.45) is 5.25. The summed E-state index contributed by atoms with van der Waals surface area (Å²) in [5.74, 6) is 1.07. The standard InChI is InChI=1S/C11H20N2O/c1-8-4-3-5-10(6-8)13-9(2)12-7-11(13)14/h8-10,12H,3-7H2,1-2H3. The Bertz CT molecular complexity index is 229. The van der Waals surface area contributed by atoms with Gasteiger partial charge in [0.1, 0.15) is 0 Å². The van der Waals surface area contributed by atoms with Crippen molar-refractivity contribution in [2.75, 3.05) is 6.54 Å². The molecule has 2 aliphatic rings. The number of amides is 1. The molecule has 3 nitrogen and oxygen atoms in total. The Morgan fingerprint density at radius 3 is 2.71 bits per heavy atom. The van der Waals surface area contributed by atoms with Crippen LogP contribution in [0.5, 0.6) is 0 Å². The van der Waals surface area contributed by atoms with E-state index < -0.39 is 0 Å². The van der Waals surface area contributed by atoms with Crippen LogP contribution in [0.1, 0.15) is 39.5 Å². The summed E-state index contributed by atoms with van der Waals surface area (Å²) in [4.78, 5) is 13.7. The van der Waals surface area contributed by atoms with E-state index in [4.69, 9.17) is 0 Å². The molecule has 0 spiro atoms. The molecule has 1 N–H and O–H groups in total. The number of nitrogens with zero attached hydrogens (tertiary/aromatic N) is 1. The van der Waals surface area contributed by atoms with Crippen molar-refractivity contribution in [1.82, 2.24) is 10.2 Å². The van der Waals surface area contributed by atoms with Crippen molar-refractivity contribution in [3.05, 3.63) is 0 Å². The molecule has 0 aromatic carbocycles. The minimum absolute atomic E-state index is 0.248. The minimum atomic E-state index is 0.248. The maximum absolute atomic E-state index is 11.7. The first-order valence-electron chi connectivity index (χ1n) is 5.73. The third-order valence-corrected chi connectivity index (χ3v) is 3.56. The normalized spacial score (nSPS) is 39.1. The van der Waals surface area contributed by atoms with Crippen molar-refractivity contribution in [3.8, 4) is 0 Å². The van der Waals surface area contributed by atoms with Crippen LogP contribution in [0.25, 0.3) is 0 Å². The first kappa shape index (κ1) is 9.97. The number of carbonyl (C=O) groups is 1. The predicted octanol–water partition coefficient (Wildman–Crippen LogP) is 1.34. The van der Waals surface area contributed by atoms with Crippen molar-refractivity contribution in [2.45, 2.75) is 51.7 Å². The Labute approximate surface area is 85.8 Å². The Hall–Kier alpha value is -0.570. The fourth-order valence-corrected chi connectivity index (χ4v) is 2.82. The van der Waals surface area contributed by atoms with Gasteiger partial charge >= 0.3 is 0 Å². The molecule has 3 atom stereocenters. The molecule has 2 rings (SSSR count). The molecule has 0 bridgehead atoms. The summed E-state index contributed by atoms with van der Waals surface area (Å²) in [5.41, 5.74) is 0. The van der Waals surface area contributed by atoms with Crippen LogP contribution in [0.2, 0.25) is 0 Å². The first-order chi connectivity index (χ1) is 6.68. The zero-order valence-corrected chi connectivity index (χ0v) is 9.12. The van der Waals surface area contributed by atoms with Gasteiger partial charge in [-0.3, -0.25) is 10.1 Å². The average molecular weight is 196 g/mol.